The predicted octanol–water partition coefficient (Wildman–Crippen LogP) is 2.39. The third-order valence-electron chi connectivity index (χ3n) is 3.19. The fourth-order valence-corrected chi connectivity index (χ4v) is 2.11. The van der Waals surface area contributed by atoms with Gasteiger partial charge in [0.05, 0.1) is 7.11 Å². The van der Waals surface area contributed by atoms with Crippen molar-refractivity contribution in [2.24, 2.45) is 5.73 Å². The first-order valence-corrected chi connectivity index (χ1v) is 6.92. The molecule has 0 saturated heterocycles. The van der Waals surface area contributed by atoms with Crippen molar-refractivity contribution in [3.8, 4) is 5.75 Å². The maximum Gasteiger partial charge on any atom is 0.128 e. The normalized spacial score (nSPS) is 12.5. The van der Waals surface area contributed by atoms with Crippen LogP contribution in [0.3, 0.4) is 0 Å². The molecule has 0 bridgehead atoms. The zero-order chi connectivity index (χ0) is 14.3. The van der Waals surface area contributed by atoms with Gasteiger partial charge in [0, 0.05) is 48.7 Å². The van der Waals surface area contributed by atoms with Gasteiger partial charge in [0.2, 0.25) is 0 Å². The van der Waals surface area contributed by atoms with E-state index < -0.39 is 0 Å². The number of ether oxygens (including phenoxy) is 2. The van der Waals surface area contributed by atoms with E-state index in [-0.39, 0.29) is 6.04 Å². The highest BCUT2D eigenvalue weighted by molar-refractivity contribution is 5.41. The van der Waals surface area contributed by atoms with E-state index in [0.29, 0.717) is 0 Å². The van der Waals surface area contributed by atoms with Crippen molar-refractivity contribution in [2.45, 2.75) is 46.1 Å². The molecule has 1 aromatic rings. The molecule has 108 valence electrons. The number of aromatic nitrogens is 1. The largest absolute Gasteiger partial charge is 0.496 e. The molecule has 0 fully saturated rings. The third kappa shape index (κ3) is 4.80. The number of nitrogens with zero attached hydrogens (tertiary/aromatic N) is 1. The van der Waals surface area contributed by atoms with E-state index in [4.69, 9.17) is 15.2 Å². The molecule has 1 atom stereocenters. The van der Waals surface area contributed by atoms with Gasteiger partial charge in [0.25, 0.3) is 0 Å². The van der Waals surface area contributed by atoms with E-state index in [1.807, 2.05) is 20.0 Å². The first-order valence-electron chi connectivity index (χ1n) is 6.92. The van der Waals surface area contributed by atoms with Gasteiger partial charge in [0.1, 0.15) is 5.75 Å². The van der Waals surface area contributed by atoms with Crippen LogP contribution in [0, 0.1) is 13.8 Å². The van der Waals surface area contributed by atoms with Crippen LogP contribution >= 0.6 is 0 Å². The second-order valence-electron chi connectivity index (χ2n) is 4.91. The summed E-state index contributed by atoms with van der Waals surface area (Å²) in [5, 5.41) is 0. The fraction of sp³-hybridized carbons (Fsp3) is 0.667. The van der Waals surface area contributed by atoms with E-state index in [9.17, 15) is 0 Å². The summed E-state index contributed by atoms with van der Waals surface area (Å²) in [6.45, 7) is 7.67. The Labute approximate surface area is 116 Å². The van der Waals surface area contributed by atoms with Crippen molar-refractivity contribution in [3.63, 3.8) is 0 Å². The molecule has 4 heteroatoms. The average molecular weight is 266 g/mol. The van der Waals surface area contributed by atoms with Crippen LogP contribution in [0.25, 0.3) is 0 Å². The number of pyridine rings is 1. The quantitative estimate of drug-likeness (QED) is 0.734. The van der Waals surface area contributed by atoms with Gasteiger partial charge < -0.3 is 15.2 Å². The Bertz CT molecular complexity index is 394. The zero-order valence-electron chi connectivity index (χ0n) is 12.5. The molecule has 1 aromatic heterocycles. The maximum absolute atomic E-state index is 6.13. The Morgan fingerprint density at radius 1 is 1.32 bits per heavy atom. The van der Waals surface area contributed by atoms with Crippen LogP contribution < -0.4 is 10.5 Å². The summed E-state index contributed by atoms with van der Waals surface area (Å²) >= 11 is 0. The summed E-state index contributed by atoms with van der Waals surface area (Å²) < 4.78 is 10.9. The van der Waals surface area contributed by atoms with Crippen molar-refractivity contribution in [3.05, 3.63) is 23.0 Å². The highest BCUT2D eigenvalue weighted by atomic mass is 16.5. The Hall–Kier alpha value is -1.13. The van der Waals surface area contributed by atoms with Crippen molar-refractivity contribution in [1.29, 1.82) is 0 Å². The number of rotatable bonds is 8. The summed E-state index contributed by atoms with van der Waals surface area (Å²) in [7, 11) is 1.69. The van der Waals surface area contributed by atoms with Crippen molar-refractivity contribution in [1.82, 2.24) is 4.98 Å². The van der Waals surface area contributed by atoms with Crippen LogP contribution in [-0.2, 0) is 11.2 Å². The highest BCUT2D eigenvalue weighted by Crippen LogP contribution is 2.24. The van der Waals surface area contributed by atoms with Crippen molar-refractivity contribution >= 4 is 0 Å². The van der Waals surface area contributed by atoms with Gasteiger partial charge in [-0.25, -0.2) is 0 Å². The zero-order valence-corrected chi connectivity index (χ0v) is 12.5. The van der Waals surface area contributed by atoms with Crippen molar-refractivity contribution in [2.75, 3.05) is 20.3 Å². The smallest absolute Gasteiger partial charge is 0.128 e. The van der Waals surface area contributed by atoms with Crippen LogP contribution in [0.15, 0.2) is 6.20 Å². The van der Waals surface area contributed by atoms with Gasteiger partial charge >= 0.3 is 0 Å². The Kier molecular flexibility index (Phi) is 6.81. The van der Waals surface area contributed by atoms with Crippen LogP contribution in [0.5, 0.6) is 5.75 Å². The number of nitrogens with two attached hydrogens (primary N) is 1. The fourth-order valence-electron chi connectivity index (χ4n) is 2.11. The van der Waals surface area contributed by atoms with Gasteiger partial charge in [0.15, 0.2) is 0 Å². The van der Waals surface area contributed by atoms with Gasteiger partial charge in [-0.05, 0) is 26.7 Å². The van der Waals surface area contributed by atoms with Crippen LogP contribution in [0.4, 0.5) is 0 Å². The number of aryl methyl sites for hydroxylation is 1. The minimum atomic E-state index is 0.0791. The lowest BCUT2D eigenvalue weighted by Gasteiger charge is -2.15. The minimum Gasteiger partial charge on any atom is -0.496 e. The summed E-state index contributed by atoms with van der Waals surface area (Å²) in [5.74, 6) is 0.916. The van der Waals surface area contributed by atoms with Crippen LogP contribution in [0.2, 0.25) is 0 Å². The molecular weight excluding hydrogens is 240 g/mol. The Balaban J connectivity index is 2.57. The lowest BCUT2D eigenvalue weighted by Crippen LogP contribution is -2.25. The van der Waals surface area contributed by atoms with Crippen molar-refractivity contribution < 1.29 is 9.47 Å². The second-order valence-corrected chi connectivity index (χ2v) is 4.91. The maximum atomic E-state index is 6.13. The third-order valence-corrected chi connectivity index (χ3v) is 3.19. The highest BCUT2D eigenvalue weighted by Gasteiger charge is 2.12. The molecule has 0 amide bonds. The molecule has 0 saturated carbocycles. The molecule has 0 aliphatic heterocycles. The average Bonchev–Trinajstić information content (AvgIpc) is 2.39. The first kappa shape index (κ1) is 15.9. The molecule has 19 heavy (non-hydrogen) atoms. The molecule has 0 spiro atoms. The molecule has 4 nitrogen and oxygen atoms in total. The molecule has 0 aromatic carbocycles. The number of methoxy groups -OCH3 is 1. The molecule has 1 heterocycles. The molecule has 1 rings (SSSR count). The first-order chi connectivity index (χ1) is 9.10. The summed E-state index contributed by atoms with van der Waals surface area (Å²) in [5.41, 5.74) is 9.29. The van der Waals surface area contributed by atoms with E-state index in [2.05, 4.69) is 11.9 Å². The van der Waals surface area contributed by atoms with Gasteiger partial charge in [-0.1, -0.05) is 6.92 Å². The summed E-state index contributed by atoms with van der Waals surface area (Å²) in [6, 6.07) is 0.0791. The number of hydrogen-bond acceptors (Lipinski definition) is 4. The number of hydrogen-bond donors (Lipinski definition) is 1. The lowest BCUT2D eigenvalue weighted by atomic mass is 10.0. The molecule has 0 aliphatic carbocycles. The summed E-state index contributed by atoms with van der Waals surface area (Å²) in [4.78, 5) is 4.47. The molecule has 1 unspecified atom stereocenters. The summed E-state index contributed by atoms with van der Waals surface area (Å²) in [6.07, 6.45) is 4.52. The monoisotopic (exact) mass is 266 g/mol. The molecule has 0 radical (unpaired) electrons. The standard InChI is InChI=1S/C15H26N2O2/c1-5-7-19-8-6-13(16)9-14-12(3)15(18-4)11(2)10-17-14/h10,13H,5-9,16H2,1-4H3. The minimum absolute atomic E-state index is 0.0791. The predicted molar refractivity (Wildman–Crippen MR) is 77.7 cm³/mol. The SMILES string of the molecule is CCCOCCC(N)Cc1ncc(C)c(OC)c1C. The second kappa shape index (κ2) is 8.12. The van der Waals surface area contributed by atoms with Gasteiger partial charge in [-0.2, -0.15) is 0 Å². The van der Waals surface area contributed by atoms with Crippen LogP contribution in [-0.4, -0.2) is 31.3 Å². The molecule has 2 N–H and O–H groups in total. The Morgan fingerprint density at radius 2 is 2.05 bits per heavy atom. The van der Waals surface area contributed by atoms with E-state index >= 15 is 0 Å². The lowest BCUT2D eigenvalue weighted by molar-refractivity contribution is 0.127. The molecular formula is C15H26N2O2. The van der Waals surface area contributed by atoms with Gasteiger partial charge in [-0.15, -0.1) is 0 Å². The van der Waals surface area contributed by atoms with Crippen LogP contribution in [0.1, 0.15) is 36.6 Å². The van der Waals surface area contributed by atoms with E-state index in [0.717, 1.165) is 55.0 Å². The van der Waals surface area contributed by atoms with Gasteiger partial charge in [-0.3, -0.25) is 4.98 Å². The Morgan fingerprint density at radius 3 is 2.68 bits per heavy atom. The van der Waals surface area contributed by atoms with E-state index in [1.54, 1.807) is 7.11 Å². The molecule has 0 aliphatic rings. The van der Waals surface area contributed by atoms with E-state index in [1.165, 1.54) is 0 Å². The topological polar surface area (TPSA) is 57.4 Å².